The van der Waals surface area contributed by atoms with Crippen LogP contribution >= 0.6 is 0 Å². The van der Waals surface area contributed by atoms with E-state index in [2.05, 4.69) is 16.0 Å². The standard InChI is InChI=1S/C17H21N3O3/c1-7-8-13(17(3,4)5)22-16(21)14-11(2)19-15(23-14)12-9-18-20(6)10-12/h1,9-10,13H,8H2,2-6H3/t13-/m1/s1. The van der Waals surface area contributed by atoms with E-state index in [0.717, 1.165) is 0 Å². The van der Waals surface area contributed by atoms with Gasteiger partial charge in [-0.25, -0.2) is 9.78 Å². The van der Waals surface area contributed by atoms with E-state index in [-0.39, 0.29) is 11.2 Å². The number of hydrogen-bond donors (Lipinski definition) is 0. The molecule has 0 spiro atoms. The fourth-order valence-electron chi connectivity index (χ4n) is 2.06. The maximum absolute atomic E-state index is 12.4. The van der Waals surface area contributed by atoms with E-state index >= 15 is 0 Å². The lowest BCUT2D eigenvalue weighted by Gasteiger charge is -2.28. The predicted octanol–water partition coefficient (Wildman–Crippen LogP) is 2.98. The Balaban J connectivity index is 2.23. The molecule has 0 saturated heterocycles. The van der Waals surface area contributed by atoms with Gasteiger partial charge >= 0.3 is 5.97 Å². The number of esters is 1. The summed E-state index contributed by atoms with van der Waals surface area (Å²) in [5, 5.41) is 4.06. The van der Waals surface area contributed by atoms with Crippen LogP contribution in [0.4, 0.5) is 0 Å². The number of hydrogen-bond acceptors (Lipinski definition) is 5. The van der Waals surface area contributed by atoms with Gasteiger partial charge in [0.25, 0.3) is 0 Å². The molecule has 0 aromatic carbocycles. The number of aromatic nitrogens is 3. The van der Waals surface area contributed by atoms with Crippen LogP contribution in [0.15, 0.2) is 16.8 Å². The van der Waals surface area contributed by atoms with E-state index in [4.69, 9.17) is 15.6 Å². The first kappa shape index (κ1) is 16.8. The van der Waals surface area contributed by atoms with Crippen molar-refractivity contribution in [3.05, 3.63) is 23.8 Å². The molecule has 0 unspecified atom stereocenters. The van der Waals surface area contributed by atoms with Crippen molar-refractivity contribution in [1.82, 2.24) is 14.8 Å². The summed E-state index contributed by atoms with van der Waals surface area (Å²) in [5.74, 6) is 2.42. The maximum Gasteiger partial charge on any atom is 0.376 e. The Labute approximate surface area is 135 Å². The molecule has 23 heavy (non-hydrogen) atoms. The number of rotatable bonds is 4. The van der Waals surface area contributed by atoms with E-state index in [1.54, 1.807) is 31.0 Å². The van der Waals surface area contributed by atoms with Gasteiger partial charge in [-0.05, 0) is 12.3 Å². The van der Waals surface area contributed by atoms with Crippen molar-refractivity contribution in [2.45, 2.75) is 40.2 Å². The van der Waals surface area contributed by atoms with Crippen molar-refractivity contribution in [2.75, 3.05) is 0 Å². The molecule has 2 aromatic heterocycles. The molecule has 2 heterocycles. The Morgan fingerprint density at radius 1 is 1.52 bits per heavy atom. The smallest absolute Gasteiger partial charge is 0.376 e. The molecule has 122 valence electrons. The Kier molecular flexibility index (Phi) is 4.60. The van der Waals surface area contributed by atoms with Crippen molar-refractivity contribution < 1.29 is 13.9 Å². The van der Waals surface area contributed by atoms with E-state index in [0.29, 0.717) is 23.6 Å². The normalized spacial score (nSPS) is 12.7. The van der Waals surface area contributed by atoms with Gasteiger partial charge in [0.1, 0.15) is 6.10 Å². The summed E-state index contributed by atoms with van der Waals surface area (Å²) >= 11 is 0. The highest BCUT2D eigenvalue weighted by Gasteiger charge is 2.30. The molecule has 6 nitrogen and oxygen atoms in total. The number of ether oxygens (including phenoxy) is 1. The second kappa shape index (κ2) is 6.29. The number of carbonyl (C=O) groups is 1. The largest absolute Gasteiger partial charge is 0.455 e. The molecule has 0 aliphatic carbocycles. The van der Waals surface area contributed by atoms with Crippen molar-refractivity contribution in [3.8, 4) is 23.8 Å². The number of nitrogens with zero attached hydrogens (tertiary/aromatic N) is 3. The summed E-state index contributed by atoms with van der Waals surface area (Å²) < 4.78 is 12.8. The third-order valence-corrected chi connectivity index (χ3v) is 3.45. The number of oxazole rings is 1. The van der Waals surface area contributed by atoms with Crippen LogP contribution < -0.4 is 0 Å². The molecule has 0 aliphatic rings. The molecule has 0 fully saturated rings. The second-order valence-corrected chi connectivity index (χ2v) is 6.50. The molecule has 1 atom stereocenters. The molecule has 0 bridgehead atoms. The van der Waals surface area contributed by atoms with Crippen LogP contribution in [-0.2, 0) is 11.8 Å². The lowest BCUT2D eigenvalue weighted by atomic mass is 9.87. The van der Waals surface area contributed by atoms with Gasteiger partial charge in [0.2, 0.25) is 11.7 Å². The monoisotopic (exact) mass is 315 g/mol. The Hall–Kier alpha value is -2.55. The summed E-state index contributed by atoms with van der Waals surface area (Å²) in [6, 6.07) is 0. The summed E-state index contributed by atoms with van der Waals surface area (Å²) in [4.78, 5) is 16.7. The molecular weight excluding hydrogens is 294 g/mol. The van der Waals surface area contributed by atoms with Gasteiger partial charge in [-0.15, -0.1) is 12.3 Å². The third-order valence-electron chi connectivity index (χ3n) is 3.45. The predicted molar refractivity (Wildman–Crippen MR) is 85.6 cm³/mol. The van der Waals surface area contributed by atoms with Crippen LogP contribution in [-0.4, -0.2) is 26.8 Å². The van der Waals surface area contributed by atoms with Crippen molar-refractivity contribution >= 4 is 5.97 Å². The molecule has 0 amide bonds. The highest BCUT2D eigenvalue weighted by molar-refractivity contribution is 5.88. The summed E-state index contributed by atoms with van der Waals surface area (Å²) in [6.45, 7) is 7.61. The van der Waals surface area contributed by atoms with E-state index < -0.39 is 12.1 Å². The molecule has 2 aromatic rings. The summed E-state index contributed by atoms with van der Waals surface area (Å²) in [5.41, 5.74) is 0.912. The molecule has 0 saturated carbocycles. The van der Waals surface area contributed by atoms with Gasteiger partial charge in [0.05, 0.1) is 17.5 Å². The zero-order valence-electron chi connectivity index (χ0n) is 14.1. The Morgan fingerprint density at radius 3 is 2.74 bits per heavy atom. The molecule has 0 aliphatic heterocycles. The van der Waals surface area contributed by atoms with Crippen LogP contribution in [0.5, 0.6) is 0 Å². The van der Waals surface area contributed by atoms with Gasteiger partial charge < -0.3 is 9.15 Å². The van der Waals surface area contributed by atoms with Crippen molar-refractivity contribution in [2.24, 2.45) is 12.5 Å². The van der Waals surface area contributed by atoms with Crippen molar-refractivity contribution in [3.63, 3.8) is 0 Å². The Bertz CT molecular complexity index is 744. The van der Waals surface area contributed by atoms with Crippen molar-refractivity contribution in [1.29, 1.82) is 0 Å². The maximum atomic E-state index is 12.4. The highest BCUT2D eigenvalue weighted by Crippen LogP contribution is 2.27. The van der Waals surface area contributed by atoms with Gasteiger partial charge in [-0.1, -0.05) is 20.8 Å². The highest BCUT2D eigenvalue weighted by atomic mass is 16.6. The van der Waals surface area contributed by atoms with Gasteiger partial charge in [-0.3, -0.25) is 4.68 Å². The fraction of sp³-hybridized carbons (Fsp3) is 0.471. The average molecular weight is 315 g/mol. The molecule has 0 radical (unpaired) electrons. The third kappa shape index (κ3) is 3.81. The van der Waals surface area contributed by atoms with Gasteiger partial charge in [0, 0.05) is 19.7 Å². The SMILES string of the molecule is C#CC[C@@H](OC(=O)c1oc(-c2cnn(C)c2)nc1C)C(C)(C)C. The Morgan fingerprint density at radius 2 is 2.22 bits per heavy atom. The molecule has 2 rings (SSSR count). The van der Waals surface area contributed by atoms with E-state index in [1.165, 1.54) is 0 Å². The first-order valence-corrected chi connectivity index (χ1v) is 7.33. The second-order valence-electron chi connectivity index (χ2n) is 6.50. The lowest BCUT2D eigenvalue weighted by Crippen LogP contribution is -2.31. The molecular formula is C17H21N3O3. The first-order chi connectivity index (χ1) is 10.7. The summed E-state index contributed by atoms with van der Waals surface area (Å²) in [7, 11) is 1.79. The minimum absolute atomic E-state index is 0.0927. The number of aryl methyl sites for hydroxylation is 2. The van der Waals surface area contributed by atoms with Gasteiger partial charge in [0.15, 0.2) is 0 Å². The van der Waals surface area contributed by atoms with Gasteiger partial charge in [-0.2, -0.15) is 5.10 Å². The minimum atomic E-state index is -0.555. The summed E-state index contributed by atoms with van der Waals surface area (Å²) in [6.07, 6.45) is 8.70. The fourth-order valence-corrected chi connectivity index (χ4v) is 2.06. The number of carbonyl (C=O) groups excluding carboxylic acids is 1. The lowest BCUT2D eigenvalue weighted by molar-refractivity contribution is -0.00353. The van der Waals surface area contributed by atoms with Crippen LogP contribution in [0.2, 0.25) is 0 Å². The molecule has 6 heteroatoms. The first-order valence-electron chi connectivity index (χ1n) is 7.33. The topological polar surface area (TPSA) is 70.2 Å². The van der Waals surface area contributed by atoms with Crippen LogP contribution in [0.25, 0.3) is 11.5 Å². The average Bonchev–Trinajstić information content (AvgIpc) is 3.03. The minimum Gasteiger partial charge on any atom is -0.455 e. The molecule has 0 N–H and O–H groups in total. The van der Waals surface area contributed by atoms with E-state index in [9.17, 15) is 4.79 Å². The zero-order valence-corrected chi connectivity index (χ0v) is 14.1. The van der Waals surface area contributed by atoms with Crippen LogP contribution in [0.3, 0.4) is 0 Å². The van der Waals surface area contributed by atoms with E-state index in [1.807, 2.05) is 20.8 Å². The zero-order chi connectivity index (χ0) is 17.2. The number of terminal acetylenes is 1. The van der Waals surface area contributed by atoms with Crippen LogP contribution in [0.1, 0.15) is 43.4 Å². The quantitative estimate of drug-likeness (QED) is 0.641. The van der Waals surface area contributed by atoms with Crippen LogP contribution in [0, 0.1) is 24.7 Å².